The number of piperazine rings is 1. The first-order valence-corrected chi connectivity index (χ1v) is 9.06. The zero-order chi connectivity index (χ0) is 18.1. The molecule has 0 spiro atoms. The summed E-state index contributed by atoms with van der Waals surface area (Å²) in [5, 5.41) is 16.8. The molecule has 0 unspecified atom stereocenters. The highest BCUT2D eigenvalue weighted by atomic mass is 16.3. The summed E-state index contributed by atoms with van der Waals surface area (Å²) in [5.41, 5.74) is 1.39. The Hall–Kier alpha value is -2.83. The topological polar surface area (TPSA) is 89.5 Å². The first-order chi connectivity index (χ1) is 12.6. The number of aromatic amines is 1. The van der Waals surface area contributed by atoms with E-state index >= 15 is 0 Å². The maximum atomic E-state index is 12.7. The van der Waals surface area contributed by atoms with E-state index in [1.54, 1.807) is 35.2 Å². The molecule has 0 atom stereocenters. The van der Waals surface area contributed by atoms with Gasteiger partial charge >= 0.3 is 0 Å². The molecule has 1 aromatic heterocycles. The number of carbonyl (C=O) groups is 2. The van der Waals surface area contributed by atoms with Crippen molar-refractivity contribution in [2.75, 3.05) is 19.6 Å². The fraction of sp³-hybridized carbons (Fsp3) is 0.421. The first-order valence-electron chi connectivity index (χ1n) is 9.06. The Balaban J connectivity index is 1.45. The summed E-state index contributed by atoms with van der Waals surface area (Å²) in [5.74, 6) is -0.103. The van der Waals surface area contributed by atoms with E-state index < -0.39 is 0 Å². The van der Waals surface area contributed by atoms with Crippen molar-refractivity contribution in [3.63, 3.8) is 0 Å². The van der Waals surface area contributed by atoms with Gasteiger partial charge in [-0.15, -0.1) is 0 Å². The Kier molecular flexibility index (Phi) is 4.36. The van der Waals surface area contributed by atoms with E-state index in [2.05, 4.69) is 10.2 Å². The lowest BCUT2D eigenvalue weighted by molar-refractivity contribution is -0.137. The summed E-state index contributed by atoms with van der Waals surface area (Å²) in [6.07, 6.45) is 4.51. The minimum atomic E-state index is -0.237. The molecule has 0 bridgehead atoms. The smallest absolute Gasteiger partial charge is 0.272 e. The minimum absolute atomic E-state index is 0.0249. The summed E-state index contributed by atoms with van der Waals surface area (Å²) < 4.78 is 0. The van der Waals surface area contributed by atoms with Gasteiger partial charge in [0.15, 0.2) is 0 Å². The van der Waals surface area contributed by atoms with Gasteiger partial charge < -0.3 is 14.9 Å². The third-order valence-electron chi connectivity index (χ3n) is 5.30. The average molecular weight is 354 g/mol. The molecule has 4 rings (SSSR count). The molecular formula is C19H22N4O3. The van der Waals surface area contributed by atoms with E-state index in [1.807, 2.05) is 4.90 Å². The summed E-state index contributed by atoms with van der Waals surface area (Å²) in [6, 6.07) is 8.81. The van der Waals surface area contributed by atoms with Gasteiger partial charge in [-0.1, -0.05) is 25.0 Å². The van der Waals surface area contributed by atoms with Crippen LogP contribution in [0.2, 0.25) is 0 Å². The van der Waals surface area contributed by atoms with Crippen molar-refractivity contribution in [3.05, 3.63) is 36.0 Å². The molecule has 2 N–H and O–H groups in total. The second-order valence-electron chi connectivity index (χ2n) is 6.94. The Morgan fingerprint density at radius 1 is 1.19 bits per heavy atom. The van der Waals surface area contributed by atoms with Crippen molar-refractivity contribution in [3.8, 4) is 17.0 Å². The Labute approximate surface area is 151 Å². The molecule has 26 heavy (non-hydrogen) atoms. The molecule has 1 aromatic carbocycles. The Morgan fingerprint density at radius 2 is 1.96 bits per heavy atom. The number of para-hydroxylation sites is 1. The summed E-state index contributed by atoms with van der Waals surface area (Å²) in [7, 11) is 0. The number of rotatable bonds is 3. The first kappa shape index (κ1) is 16.6. The fourth-order valence-corrected chi connectivity index (χ4v) is 3.89. The van der Waals surface area contributed by atoms with Gasteiger partial charge in [-0.3, -0.25) is 14.7 Å². The van der Waals surface area contributed by atoms with Gasteiger partial charge in [-0.25, -0.2) is 0 Å². The van der Waals surface area contributed by atoms with Crippen LogP contribution in [0.15, 0.2) is 30.3 Å². The maximum Gasteiger partial charge on any atom is 0.272 e. The van der Waals surface area contributed by atoms with Crippen LogP contribution in [0.3, 0.4) is 0 Å². The van der Waals surface area contributed by atoms with Crippen LogP contribution < -0.4 is 0 Å². The average Bonchev–Trinajstić information content (AvgIpc) is 3.33. The van der Waals surface area contributed by atoms with Crippen molar-refractivity contribution >= 4 is 11.8 Å². The third kappa shape index (κ3) is 3.05. The quantitative estimate of drug-likeness (QED) is 0.882. The number of aromatic hydroxyl groups is 1. The number of nitrogens with zero attached hydrogens (tertiary/aromatic N) is 3. The molecule has 2 fully saturated rings. The van der Waals surface area contributed by atoms with Crippen LogP contribution in [0.4, 0.5) is 0 Å². The number of aromatic nitrogens is 2. The monoisotopic (exact) mass is 354 g/mol. The second kappa shape index (κ2) is 6.82. The SMILES string of the molecule is O=C(c1cc(-c2ccccc2O)n[nH]1)N1CCN(C2CCCC2)C(=O)C1. The molecule has 136 valence electrons. The van der Waals surface area contributed by atoms with E-state index in [4.69, 9.17) is 0 Å². The van der Waals surface area contributed by atoms with Gasteiger partial charge in [-0.2, -0.15) is 5.10 Å². The summed E-state index contributed by atoms with van der Waals surface area (Å²) in [4.78, 5) is 28.7. The number of benzene rings is 1. The molecule has 1 aliphatic heterocycles. The van der Waals surface area contributed by atoms with E-state index in [-0.39, 0.29) is 24.1 Å². The van der Waals surface area contributed by atoms with Crippen LogP contribution in [0.5, 0.6) is 5.75 Å². The van der Waals surface area contributed by atoms with Gasteiger partial charge in [0.1, 0.15) is 18.0 Å². The van der Waals surface area contributed by atoms with Gasteiger partial charge in [0.25, 0.3) is 5.91 Å². The molecule has 1 saturated carbocycles. The van der Waals surface area contributed by atoms with Crippen molar-refractivity contribution in [1.82, 2.24) is 20.0 Å². The van der Waals surface area contributed by atoms with E-state index in [1.165, 1.54) is 12.8 Å². The zero-order valence-electron chi connectivity index (χ0n) is 14.5. The van der Waals surface area contributed by atoms with Crippen LogP contribution in [0, 0.1) is 0 Å². The van der Waals surface area contributed by atoms with Crippen LogP contribution in [-0.2, 0) is 4.79 Å². The molecule has 7 nitrogen and oxygen atoms in total. The lowest BCUT2D eigenvalue weighted by atomic mass is 10.1. The van der Waals surface area contributed by atoms with Crippen molar-refractivity contribution < 1.29 is 14.7 Å². The second-order valence-corrected chi connectivity index (χ2v) is 6.94. The number of hydrogen-bond donors (Lipinski definition) is 2. The third-order valence-corrected chi connectivity index (χ3v) is 5.30. The van der Waals surface area contributed by atoms with E-state index in [9.17, 15) is 14.7 Å². The van der Waals surface area contributed by atoms with Crippen molar-refractivity contribution in [2.24, 2.45) is 0 Å². The number of amides is 2. The van der Waals surface area contributed by atoms with Crippen LogP contribution in [0.1, 0.15) is 36.2 Å². The lowest BCUT2D eigenvalue weighted by Crippen LogP contribution is -2.54. The largest absolute Gasteiger partial charge is 0.507 e. The lowest BCUT2D eigenvalue weighted by Gasteiger charge is -2.37. The van der Waals surface area contributed by atoms with Crippen LogP contribution in [-0.4, -0.2) is 62.6 Å². The number of nitrogens with one attached hydrogen (secondary N) is 1. The Bertz CT molecular complexity index is 826. The number of phenolic OH excluding ortho intramolecular Hbond substituents is 1. The molecular weight excluding hydrogens is 332 g/mol. The molecule has 0 radical (unpaired) electrons. The molecule has 2 aromatic rings. The van der Waals surface area contributed by atoms with E-state index in [0.717, 1.165) is 12.8 Å². The van der Waals surface area contributed by atoms with Gasteiger partial charge in [0.2, 0.25) is 5.91 Å². The molecule has 2 aliphatic rings. The number of carbonyl (C=O) groups excluding carboxylic acids is 2. The maximum absolute atomic E-state index is 12.7. The standard InChI is InChI=1S/C19H22N4O3/c24-17-8-4-3-7-14(17)15-11-16(21-20-15)19(26)22-9-10-23(18(25)12-22)13-5-1-2-6-13/h3-4,7-8,11,13,24H,1-2,5-6,9-10,12H2,(H,20,21). The number of H-pyrrole nitrogens is 1. The zero-order valence-corrected chi connectivity index (χ0v) is 14.5. The molecule has 7 heteroatoms. The molecule has 1 saturated heterocycles. The number of phenols is 1. The number of hydrogen-bond acceptors (Lipinski definition) is 4. The van der Waals surface area contributed by atoms with Crippen molar-refractivity contribution in [1.29, 1.82) is 0 Å². The van der Waals surface area contributed by atoms with Crippen LogP contribution >= 0.6 is 0 Å². The molecule has 2 amide bonds. The highest BCUT2D eigenvalue weighted by Gasteiger charge is 2.33. The summed E-state index contributed by atoms with van der Waals surface area (Å²) >= 11 is 0. The van der Waals surface area contributed by atoms with Crippen LogP contribution in [0.25, 0.3) is 11.3 Å². The predicted molar refractivity (Wildman–Crippen MR) is 95.6 cm³/mol. The van der Waals surface area contributed by atoms with Gasteiger partial charge in [0, 0.05) is 24.7 Å². The van der Waals surface area contributed by atoms with Gasteiger partial charge in [-0.05, 0) is 31.0 Å². The Morgan fingerprint density at radius 3 is 2.69 bits per heavy atom. The van der Waals surface area contributed by atoms with Gasteiger partial charge in [0.05, 0.1) is 5.69 Å². The molecule has 2 heterocycles. The fourth-order valence-electron chi connectivity index (χ4n) is 3.89. The minimum Gasteiger partial charge on any atom is -0.507 e. The van der Waals surface area contributed by atoms with E-state index in [0.29, 0.717) is 36.1 Å². The predicted octanol–water partition coefficient (Wildman–Crippen LogP) is 2.01. The molecule has 1 aliphatic carbocycles. The van der Waals surface area contributed by atoms with Crippen molar-refractivity contribution in [2.45, 2.75) is 31.7 Å². The highest BCUT2D eigenvalue weighted by molar-refractivity contribution is 5.96. The highest BCUT2D eigenvalue weighted by Crippen LogP contribution is 2.28. The normalized spacial score (nSPS) is 18.5. The summed E-state index contributed by atoms with van der Waals surface area (Å²) in [6.45, 7) is 1.24.